The van der Waals surface area contributed by atoms with Crippen molar-refractivity contribution in [3.8, 4) is 0 Å². The fourth-order valence-corrected chi connectivity index (χ4v) is 1.14. The van der Waals surface area contributed by atoms with Crippen LogP contribution in [0.4, 0.5) is 18.9 Å². The molecule has 0 fully saturated rings. The number of halogens is 3. The largest absolute Gasteiger partial charge is 0.414 e. The van der Waals surface area contributed by atoms with E-state index < -0.39 is 29.3 Å². The van der Waals surface area contributed by atoms with E-state index in [1.54, 1.807) is 0 Å². The fraction of sp³-hybridized carbons (Fsp3) is 0.571. The summed E-state index contributed by atoms with van der Waals surface area (Å²) in [6.45, 7) is 0. The van der Waals surface area contributed by atoms with Crippen LogP contribution in [0.15, 0.2) is 6.20 Å². The Balaban J connectivity index is 2.97. The zero-order chi connectivity index (χ0) is 12.5. The second-order valence-electron chi connectivity index (χ2n) is 3.12. The van der Waals surface area contributed by atoms with E-state index in [1.165, 1.54) is 7.05 Å². The van der Waals surface area contributed by atoms with E-state index in [0.29, 0.717) is 0 Å². The molecule has 6 nitrogen and oxygen atoms in total. The number of rotatable bonds is 3. The van der Waals surface area contributed by atoms with Gasteiger partial charge in [-0.2, -0.15) is 18.3 Å². The third-order valence-electron chi connectivity index (χ3n) is 2.00. The van der Waals surface area contributed by atoms with Crippen molar-refractivity contribution in [1.29, 1.82) is 0 Å². The molecule has 1 atom stereocenters. The Bertz CT molecular complexity index is 401. The molecule has 0 saturated heterocycles. The molecule has 1 rings (SSSR count). The molecule has 1 N–H and O–H groups in total. The molecule has 0 aromatic carbocycles. The maximum absolute atomic E-state index is 12.1. The van der Waals surface area contributed by atoms with E-state index >= 15 is 0 Å². The molecule has 0 amide bonds. The molecule has 0 aliphatic heterocycles. The minimum atomic E-state index is -4.81. The van der Waals surface area contributed by atoms with Gasteiger partial charge in [-0.1, -0.05) is 0 Å². The molecule has 1 heterocycles. The van der Waals surface area contributed by atoms with Gasteiger partial charge >= 0.3 is 11.9 Å². The number of aliphatic hydroxyl groups is 1. The van der Waals surface area contributed by atoms with Gasteiger partial charge in [0, 0.05) is 13.5 Å². The maximum Gasteiger partial charge on any atom is 0.414 e. The highest BCUT2D eigenvalue weighted by molar-refractivity contribution is 5.33. The van der Waals surface area contributed by atoms with Crippen molar-refractivity contribution in [2.24, 2.45) is 7.05 Å². The first kappa shape index (κ1) is 12.4. The summed E-state index contributed by atoms with van der Waals surface area (Å²) in [6.07, 6.45) is -7.49. The molecule has 1 aromatic heterocycles. The summed E-state index contributed by atoms with van der Waals surface area (Å²) >= 11 is 0. The number of aromatic nitrogens is 2. The number of hydrogen-bond acceptors (Lipinski definition) is 4. The number of nitro groups is 1. The molecule has 0 spiro atoms. The minimum absolute atomic E-state index is 0.269. The zero-order valence-electron chi connectivity index (χ0n) is 8.10. The fourth-order valence-electron chi connectivity index (χ4n) is 1.14. The Morgan fingerprint density at radius 1 is 1.69 bits per heavy atom. The van der Waals surface area contributed by atoms with Crippen LogP contribution in [0.25, 0.3) is 0 Å². The topological polar surface area (TPSA) is 81.2 Å². The third-order valence-corrected chi connectivity index (χ3v) is 2.00. The average Bonchev–Trinajstić information content (AvgIpc) is 2.46. The molecule has 1 aromatic rings. The summed E-state index contributed by atoms with van der Waals surface area (Å²) in [7, 11) is 1.27. The van der Waals surface area contributed by atoms with Crippen LogP contribution < -0.4 is 0 Å². The van der Waals surface area contributed by atoms with Crippen LogP contribution in [0, 0.1) is 10.1 Å². The van der Waals surface area contributed by atoms with Crippen molar-refractivity contribution < 1.29 is 23.2 Å². The summed E-state index contributed by atoms with van der Waals surface area (Å²) in [4.78, 5) is 9.61. The summed E-state index contributed by atoms with van der Waals surface area (Å²) in [5, 5.41) is 22.7. The van der Waals surface area contributed by atoms with Gasteiger partial charge in [-0.15, -0.1) is 0 Å². The van der Waals surface area contributed by atoms with Crippen LogP contribution in [0.3, 0.4) is 0 Å². The van der Waals surface area contributed by atoms with Crippen molar-refractivity contribution >= 4 is 5.69 Å². The lowest BCUT2D eigenvalue weighted by Crippen LogP contribution is -2.31. The molecular formula is C7H8F3N3O3. The van der Waals surface area contributed by atoms with Crippen LogP contribution in [0.1, 0.15) is 5.69 Å². The van der Waals surface area contributed by atoms with Crippen LogP contribution in [0.5, 0.6) is 0 Å². The van der Waals surface area contributed by atoms with Gasteiger partial charge < -0.3 is 5.11 Å². The van der Waals surface area contributed by atoms with Gasteiger partial charge in [0.15, 0.2) is 6.10 Å². The molecule has 0 radical (unpaired) electrons. The molecule has 90 valence electrons. The molecule has 0 saturated carbocycles. The van der Waals surface area contributed by atoms with Gasteiger partial charge in [0.1, 0.15) is 11.9 Å². The Kier molecular flexibility index (Phi) is 3.17. The summed E-state index contributed by atoms with van der Waals surface area (Å²) in [5.41, 5.74) is -0.805. The number of aryl methyl sites for hydroxylation is 1. The van der Waals surface area contributed by atoms with Gasteiger partial charge in [-0.3, -0.25) is 14.8 Å². The van der Waals surface area contributed by atoms with Crippen LogP contribution >= 0.6 is 0 Å². The van der Waals surface area contributed by atoms with Crippen molar-refractivity contribution in [3.63, 3.8) is 0 Å². The Labute approximate surface area is 87.4 Å². The highest BCUT2D eigenvalue weighted by Crippen LogP contribution is 2.26. The molecular weight excluding hydrogens is 231 g/mol. The lowest BCUT2D eigenvalue weighted by atomic mass is 10.2. The van der Waals surface area contributed by atoms with Gasteiger partial charge in [-0.25, -0.2) is 0 Å². The first-order chi connectivity index (χ1) is 7.23. The molecule has 0 bridgehead atoms. The highest BCUT2D eigenvalue weighted by Gasteiger charge is 2.40. The predicted octanol–water partition coefficient (Wildman–Crippen LogP) is 0.794. The molecule has 9 heteroatoms. The number of hydrogen-bond donors (Lipinski definition) is 1. The van der Waals surface area contributed by atoms with Crippen molar-refractivity contribution in [2.75, 3.05) is 0 Å². The van der Waals surface area contributed by atoms with E-state index in [9.17, 15) is 23.3 Å². The summed E-state index contributed by atoms with van der Waals surface area (Å²) in [6, 6.07) is 0. The smallest absolute Gasteiger partial charge is 0.383 e. The van der Waals surface area contributed by atoms with Crippen LogP contribution in [-0.2, 0) is 13.5 Å². The number of nitrogens with zero attached hydrogens (tertiary/aromatic N) is 3. The molecule has 0 aliphatic rings. The average molecular weight is 239 g/mol. The van der Waals surface area contributed by atoms with Crippen molar-refractivity contribution in [1.82, 2.24) is 9.78 Å². The first-order valence-corrected chi connectivity index (χ1v) is 4.13. The van der Waals surface area contributed by atoms with E-state index in [-0.39, 0.29) is 5.69 Å². The second-order valence-corrected chi connectivity index (χ2v) is 3.12. The number of alkyl halides is 3. The van der Waals surface area contributed by atoms with Gasteiger partial charge in [-0.05, 0) is 0 Å². The lowest BCUT2D eigenvalue weighted by Gasteiger charge is -2.13. The Morgan fingerprint density at radius 3 is 2.69 bits per heavy atom. The van der Waals surface area contributed by atoms with Crippen LogP contribution in [-0.4, -0.2) is 32.1 Å². The van der Waals surface area contributed by atoms with Gasteiger partial charge in [0.25, 0.3) is 0 Å². The highest BCUT2D eigenvalue weighted by atomic mass is 19.4. The van der Waals surface area contributed by atoms with Crippen molar-refractivity contribution in [2.45, 2.75) is 18.7 Å². The SMILES string of the molecule is Cn1ncc([N+](=O)[O-])c1CC(O)C(F)(F)F. The Hall–Kier alpha value is -1.64. The molecule has 0 aliphatic carbocycles. The number of aliphatic hydroxyl groups excluding tert-OH is 1. The quantitative estimate of drug-likeness (QED) is 0.624. The molecule has 1 unspecified atom stereocenters. The zero-order valence-corrected chi connectivity index (χ0v) is 8.10. The van der Waals surface area contributed by atoms with Crippen LogP contribution in [0.2, 0.25) is 0 Å². The summed E-state index contributed by atoms with van der Waals surface area (Å²) in [5.74, 6) is 0. The van der Waals surface area contributed by atoms with E-state index in [1.807, 2.05) is 0 Å². The van der Waals surface area contributed by atoms with Gasteiger partial charge in [0.2, 0.25) is 0 Å². The maximum atomic E-state index is 12.1. The normalized spacial score (nSPS) is 13.8. The van der Waals surface area contributed by atoms with Gasteiger partial charge in [0.05, 0.1) is 4.92 Å². The monoisotopic (exact) mass is 239 g/mol. The van der Waals surface area contributed by atoms with E-state index in [2.05, 4.69) is 5.10 Å². The Morgan fingerprint density at radius 2 is 2.25 bits per heavy atom. The molecule has 16 heavy (non-hydrogen) atoms. The minimum Gasteiger partial charge on any atom is -0.383 e. The predicted molar refractivity (Wildman–Crippen MR) is 45.6 cm³/mol. The van der Waals surface area contributed by atoms with E-state index in [0.717, 1.165) is 10.9 Å². The lowest BCUT2D eigenvalue weighted by molar-refractivity contribution is -0.385. The second kappa shape index (κ2) is 4.08. The summed E-state index contributed by atoms with van der Waals surface area (Å²) < 4.78 is 37.1. The van der Waals surface area contributed by atoms with E-state index in [4.69, 9.17) is 5.11 Å². The standard InChI is InChI=1S/C7H8F3N3O3/c1-12-4(2-6(14)7(8,9)10)5(3-11-12)13(15)16/h3,6,14H,2H2,1H3. The van der Waals surface area contributed by atoms with Crippen molar-refractivity contribution in [3.05, 3.63) is 22.0 Å². The first-order valence-electron chi connectivity index (χ1n) is 4.13. The third kappa shape index (κ3) is 2.48.